The van der Waals surface area contributed by atoms with Crippen molar-refractivity contribution in [2.45, 2.75) is 12.5 Å². The van der Waals surface area contributed by atoms with Crippen LogP contribution in [0.1, 0.15) is 17.4 Å². The fraction of sp³-hybridized carbons (Fsp3) is 0.333. The van der Waals surface area contributed by atoms with Gasteiger partial charge in [0.1, 0.15) is 17.9 Å². The Balaban J connectivity index is 2.29. The molecule has 1 heterocycles. The highest BCUT2D eigenvalue weighted by molar-refractivity contribution is 9.10. The molecule has 1 atom stereocenters. The molecule has 2 aromatic rings. The minimum Gasteiger partial charge on any atom is -0.497 e. The van der Waals surface area contributed by atoms with Gasteiger partial charge in [-0.15, -0.1) is 0 Å². The molecule has 1 unspecified atom stereocenters. The number of aryl methyl sites for hydroxylation is 1. The van der Waals surface area contributed by atoms with Gasteiger partial charge < -0.3 is 4.74 Å². The SMILES string of the molecule is COc1ccc(Br)c(C(Cc2ncnn2C)NN)c1. The van der Waals surface area contributed by atoms with Gasteiger partial charge in [-0.1, -0.05) is 15.9 Å². The summed E-state index contributed by atoms with van der Waals surface area (Å²) in [5.41, 5.74) is 3.83. The Labute approximate surface area is 120 Å². The molecule has 0 fully saturated rings. The number of hydrazine groups is 1. The van der Waals surface area contributed by atoms with E-state index in [1.807, 2.05) is 25.2 Å². The minimum absolute atomic E-state index is 0.0765. The maximum absolute atomic E-state index is 5.66. The van der Waals surface area contributed by atoms with Gasteiger partial charge in [-0.05, 0) is 23.8 Å². The Morgan fingerprint density at radius 3 is 2.89 bits per heavy atom. The van der Waals surface area contributed by atoms with E-state index in [-0.39, 0.29) is 6.04 Å². The van der Waals surface area contributed by atoms with Gasteiger partial charge in [0.05, 0.1) is 13.2 Å². The first kappa shape index (κ1) is 14.0. The normalized spacial score (nSPS) is 12.4. The van der Waals surface area contributed by atoms with Gasteiger partial charge in [0.25, 0.3) is 0 Å². The van der Waals surface area contributed by atoms with E-state index in [0.717, 1.165) is 21.6 Å². The molecular weight excluding hydrogens is 310 g/mol. The predicted molar refractivity (Wildman–Crippen MR) is 75.5 cm³/mol. The lowest BCUT2D eigenvalue weighted by Crippen LogP contribution is -2.30. The van der Waals surface area contributed by atoms with Gasteiger partial charge in [0.2, 0.25) is 0 Å². The van der Waals surface area contributed by atoms with Gasteiger partial charge in [-0.25, -0.2) is 4.98 Å². The summed E-state index contributed by atoms with van der Waals surface area (Å²) in [6.45, 7) is 0. The highest BCUT2D eigenvalue weighted by atomic mass is 79.9. The molecule has 0 spiro atoms. The summed E-state index contributed by atoms with van der Waals surface area (Å²) in [6, 6.07) is 5.70. The number of nitrogens with one attached hydrogen (secondary N) is 1. The number of hydrogen-bond acceptors (Lipinski definition) is 5. The van der Waals surface area contributed by atoms with Crippen molar-refractivity contribution in [3.05, 3.63) is 40.4 Å². The Bertz CT molecular complexity index is 557. The van der Waals surface area contributed by atoms with E-state index in [1.165, 1.54) is 6.33 Å². The van der Waals surface area contributed by atoms with E-state index in [1.54, 1.807) is 11.8 Å². The van der Waals surface area contributed by atoms with Crippen LogP contribution in [-0.4, -0.2) is 21.9 Å². The zero-order chi connectivity index (χ0) is 13.8. The molecule has 0 bridgehead atoms. The van der Waals surface area contributed by atoms with Crippen LogP contribution >= 0.6 is 15.9 Å². The Morgan fingerprint density at radius 2 is 2.32 bits per heavy atom. The number of methoxy groups -OCH3 is 1. The molecule has 0 amide bonds. The van der Waals surface area contributed by atoms with Crippen LogP contribution in [0.25, 0.3) is 0 Å². The summed E-state index contributed by atoms with van der Waals surface area (Å²) in [5, 5.41) is 4.05. The van der Waals surface area contributed by atoms with E-state index in [4.69, 9.17) is 10.6 Å². The first-order valence-electron chi connectivity index (χ1n) is 5.78. The third-order valence-corrected chi connectivity index (χ3v) is 3.69. The molecule has 19 heavy (non-hydrogen) atoms. The van der Waals surface area contributed by atoms with E-state index in [9.17, 15) is 0 Å². The molecule has 0 saturated heterocycles. The molecule has 0 aliphatic carbocycles. The predicted octanol–water partition coefficient (Wildman–Crippen LogP) is 1.33. The number of halogens is 1. The fourth-order valence-electron chi connectivity index (χ4n) is 1.86. The van der Waals surface area contributed by atoms with Crippen LogP contribution in [0.5, 0.6) is 5.75 Å². The van der Waals surface area contributed by atoms with E-state index >= 15 is 0 Å². The summed E-state index contributed by atoms with van der Waals surface area (Å²) >= 11 is 3.53. The number of benzene rings is 1. The summed E-state index contributed by atoms with van der Waals surface area (Å²) in [7, 11) is 3.50. The highest BCUT2D eigenvalue weighted by Crippen LogP contribution is 2.29. The Morgan fingerprint density at radius 1 is 1.53 bits per heavy atom. The molecule has 0 saturated carbocycles. The average Bonchev–Trinajstić information content (AvgIpc) is 2.82. The van der Waals surface area contributed by atoms with Gasteiger partial charge >= 0.3 is 0 Å². The van der Waals surface area contributed by atoms with Crippen molar-refractivity contribution in [2.75, 3.05) is 7.11 Å². The zero-order valence-electron chi connectivity index (χ0n) is 10.8. The second kappa shape index (κ2) is 6.14. The summed E-state index contributed by atoms with van der Waals surface area (Å²) in [6.07, 6.45) is 2.17. The fourth-order valence-corrected chi connectivity index (χ4v) is 2.38. The van der Waals surface area contributed by atoms with Gasteiger partial charge in [-0.2, -0.15) is 5.10 Å². The topological polar surface area (TPSA) is 78.0 Å². The van der Waals surface area contributed by atoms with Crippen molar-refractivity contribution in [2.24, 2.45) is 12.9 Å². The first-order valence-corrected chi connectivity index (χ1v) is 6.57. The maximum Gasteiger partial charge on any atom is 0.138 e. The molecule has 0 aliphatic heterocycles. The summed E-state index contributed by atoms with van der Waals surface area (Å²) in [5.74, 6) is 7.31. The minimum atomic E-state index is -0.0765. The standard InChI is InChI=1S/C12H16BrN5O/c1-18-12(15-7-16-18)6-11(17-14)9-5-8(19-2)3-4-10(9)13/h3-5,7,11,17H,6,14H2,1-2H3. The largest absolute Gasteiger partial charge is 0.497 e. The molecular formula is C12H16BrN5O. The smallest absolute Gasteiger partial charge is 0.138 e. The van der Waals surface area contributed by atoms with Gasteiger partial charge in [-0.3, -0.25) is 16.0 Å². The number of ether oxygens (including phenoxy) is 1. The number of hydrogen-bond donors (Lipinski definition) is 2. The molecule has 2 rings (SSSR count). The number of nitrogens with zero attached hydrogens (tertiary/aromatic N) is 3. The molecule has 1 aromatic heterocycles. The number of rotatable bonds is 5. The number of nitrogens with two attached hydrogens (primary N) is 1. The third kappa shape index (κ3) is 3.12. The van der Waals surface area contributed by atoms with E-state index in [0.29, 0.717) is 6.42 Å². The quantitative estimate of drug-likeness (QED) is 0.640. The van der Waals surface area contributed by atoms with Crippen LogP contribution in [-0.2, 0) is 13.5 Å². The second-order valence-corrected chi connectivity index (χ2v) is 4.97. The van der Waals surface area contributed by atoms with Crippen LogP contribution in [0.2, 0.25) is 0 Å². The zero-order valence-corrected chi connectivity index (χ0v) is 12.4. The van der Waals surface area contributed by atoms with Crippen molar-refractivity contribution < 1.29 is 4.74 Å². The molecule has 102 valence electrons. The van der Waals surface area contributed by atoms with Crippen molar-refractivity contribution in [3.8, 4) is 5.75 Å². The van der Waals surface area contributed by atoms with Gasteiger partial charge in [0.15, 0.2) is 0 Å². The average molecular weight is 326 g/mol. The molecule has 1 aromatic carbocycles. The van der Waals surface area contributed by atoms with Crippen molar-refractivity contribution in [3.63, 3.8) is 0 Å². The van der Waals surface area contributed by atoms with Crippen molar-refractivity contribution >= 4 is 15.9 Å². The third-order valence-electron chi connectivity index (χ3n) is 2.97. The van der Waals surface area contributed by atoms with Gasteiger partial charge in [0, 0.05) is 17.9 Å². The van der Waals surface area contributed by atoms with Crippen LogP contribution < -0.4 is 16.0 Å². The van der Waals surface area contributed by atoms with Crippen LogP contribution in [0, 0.1) is 0 Å². The van der Waals surface area contributed by atoms with E-state index < -0.39 is 0 Å². The Kier molecular flexibility index (Phi) is 4.52. The molecule has 7 heteroatoms. The van der Waals surface area contributed by atoms with Crippen LogP contribution in [0.4, 0.5) is 0 Å². The lowest BCUT2D eigenvalue weighted by atomic mass is 10.0. The first-order chi connectivity index (χ1) is 9.15. The highest BCUT2D eigenvalue weighted by Gasteiger charge is 2.17. The lowest BCUT2D eigenvalue weighted by Gasteiger charge is -2.18. The van der Waals surface area contributed by atoms with Crippen molar-refractivity contribution in [1.29, 1.82) is 0 Å². The monoisotopic (exact) mass is 325 g/mol. The summed E-state index contributed by atoms with van der Waals surface area (Å²) in [4.78, 5) is 4.21. The molecule has 0 aliphatic rings. The number of aromatic nitrogens is 3. The molecule has 6 nitrogen and oxygen atoms in total. The second-order valence-electron chi connectivity index (χ2n) is 4.11. The summed E-state index contributed by atoms with van der Waals surface area (Å²) < 4.78 is 7.95. The Hall–Kier alpha value is -1.44. The van der Waals surface area contributed by atoms with E-state index in [2.05, 4.69) is 31.4 Å². The van der Waals surface area contributed by atoms with Crippen molar-refractivity contribution in [1.82, 2.24) is 20.2 Å². The van der Waals surface area contributed by atoms with Crippen LogP contribution in [0.3, 0.4) is 0 Å². The molecule has 0 radical (unpaired) electrons. The van der Waals surface area contributed by atoms with Crippen LogP contribution in [0.15, 0.2) is 29.0 Å². The lowest BCUT2D eigenvalue weighted by molar-refractivity contribution is 0.412. The molecule has 3 N–H and O–H groups in total. The maximum atomic E-state index is 5.66.